The molecule has 26 heavy (non-hydrogen) atoms. The minimum Gasteiger partial charge on any atom is -0.478 e. The maximum absolute atomic E-state index is 13.0. The Morgan fingerprint density at radius 2 is 1.50 bits per heavy atom. The molecule has 0 fully saturated rings. The van der Waals surface area contributed by atoms with Gasteiger partial charge in [-0.25, -0.2) is 18.4 Å². The number of hydrogen-bond donors (Lipinski definition) is 2. The zero-order valence-corrected chi connectivity index (χ0v) is 15.5. The molecule has 0 atom stereocenters. The first-order chi connectivity index (χ1) is 12.1. The predicted molar refractivity (Wildman–Crippen MR) is 95.5 cm³/mol. The van der Waals surface area contributed by atoms with E-state index in [1.807, 2.05) is 0 Å². The van der Waals surface area contributed by atoms with Crippen LogP contribution in [-0.2, 0) is 12.8 Å². The summed E-state index contributed by atoms with van der Waals surface area (Å²) in [6.45, 7) is 3.47. The standard InChI is InChI=1S/2C9H8ClFO2/c1-2-5-3-6(9(12)13)7(10)4-8(5)11;1-2-5-7(11)4-3-6(8(5)10)9(12)13/h2*3-4H,2H2,1H3,(H,12,13). The molecule has 0 heterocycles. The molecule has 0 unspecified atom stereocenters. The van der Waals surface area contributed by atoms with E-state index in [2.05, 4.69) is 0 Å². The molecule has 0 radical (unpaired) electrons. The quantitative estimate of drug-likeness (QED) is 0.707. The Bertz CT molecular complexity index is 826. The van der Waals surface area contributed by atoms with Crippen molar-refractivity contribution in [3.8, 4) is 0 Å². The molecular weight excluding hydrogens is 389 g/mol. The number of carboxylic acids is 2. The Kier molecular flexibility index (Phi) is 7.99. The molecule has 0 aliphatic carbocycles. The third-order valence-electron chi connectivity index (χ3n) is 3.52. The van der Waals surface area contributed by atoms with E-state index >= 15 is 0 Å². The van der Waals surface area contributed by atoms with Gasteiger partial charge in [-0.2, -0.15) is 0 Å². The largest absolute Gasteiger partial charge is 0.478 e. The summed E-state index contributed by atoms with van der Waals surface area (Å²) in [6.07, 6.45) is 0.828. The fraction of sp³-hybridized carbons (Fsp3) is 0.222. The van der Waals surface area contributed by atoms with Crippen LogP contribution in [0, 0.1) is 11.6 Å². The first-order valence-electron chi connectivity index (χ1n) is 7.55. The van der Waals surface area contributed by atoms with Crippen LogP contribution in [0.25, 0.3) is 0 Å². The number of halogens is 4. The van der Waals surface area contributed by atoms with Crippen molar-refractivity contribution in [3.05, 3.63) is 68.2 Å². The lowest BCUT2D eigenvalue weighted by Gasteiger charge is -2.05. The molecule has 0 spiro atoms. The lowest BCUT2D eigenvalue weighted by atomic mass is 10.1. The van der Waals surface area contributed by atoms with E-state index in [-0.39, 0.29) is 26.7 Å². The molecule has 2 N–H and O–H groups in total. The van der Waals surface area contributed by atoms with Gasteiger partial charge >= 0.3 is 11.9 Å². The maximum Gasteiger partial charge on any atom is 0.337 e. The predicted octanol–water partition coefficient (Wildman–Crippen LogP) is 5.48. The summed E-state index contributed by atoms with van der Waals surface area (Å²) in [4.78, 5) is 21.2. The monoisotopic (exact) mass is 404 g/mol. The SMILES string of the molecule is CCc1c(F)ccc(C(=O)O)c1Cl.CCc1cc(C(=O)O)c(Cl)cc1F. The highest BCUT2D eigenvalue weighted by atomic mass is 35.5. The number of carbonyl (C=O) groups is 2. The van der Waals surface area contributed by atoms with Crippen molar-refractivity contribution >= 4 is 35.1 Å². The van der Waals surface area contributed by atoms with Crippen LogP contribution in [0.1, 0.15) is 45.7 Å². The Labute approximate surface area is 159 Å². The molecule has 2 rings (SSSR count). The Hall–Kier alpha value is -2.18. The lowest BCUT2D eigenvalue weighted by Crippen LogP contribution is -2.01. The molecular formula is C18H16Cl2F2O4. The van der Waals surface area contributed by atoms with Gasteiger partial charge in [0.05, 0.1) is 21.2 Å². The van der Waals surface area contributed by atoms with Gasteiger partial charge in [0, 0.05) is 5.56 Å². The van der Waals surface area contributed by atoms with Crippen molar-refractivity contribution in [2.75, 3.05) is 0 Å². The average Bonchev–Trinajstić information content (AvgIpc) is 2.55. The molecule has 0 bridgehead atoms. The second-order valence-corrected chi connectivity index (χ2v) is 5.91. The minimum absolute atomic E-state index is 0.00463. The van der Waals surface area contributed by atoms with Gasteiger partial charge in [0.15, 0.2) is 0 Å². The van der Waals surface area contributed by atoms with Gasteiger partial charge in [-0.1, -0.05) is 37.0 Å². The maximum atomic E-state index is 13.0. The van der Waals surface area contributed by atoms with Crippen LogP contribution in [-0.4, -0.2) is 22.2 Å². The van der Waals surface area contributed by atoms with Crippen molar-refractivity contribution in [2.45, 2.75) is 26.7 Å². The molecule has 0 saturated heterocycles. The van der Waals surface area contributed by atoms with E-state index in [1.54, 1.807) is 13.8 Å². The highest BCUT2D eigenvalue weighted by Gasteiger charge is 2.14. The van der Waals surface area contributed by atoms with E-state index < -0.39 is 23.6 Å². The van der Waals surface area contributed by atoms with E-state index in [4.69, 9.17) is 33.4 Å². The van der Waals surface area contributed by atoms with Gasteiger partial charge in [-0.3, -0.25) is 0 Å². The fourth-order valence-electron chi connectivity index (χ4n) is 2.12. The number of benzene rings is 2. The third kappa shape index (κ3) is 5.16. The van der Waals surface area contributed by atoms with Gasteiger partial charge in [0.1, 0.15) is 11.6 Å². The topological polar surface area (TPSA) is 74.6 Å². The van der Waals surface area contributed by atoms with Gasteiger partial charge in [-0.05, 0) is 42.7 Å². The van der Waals surface area contributed by atoms with Crippen LogP contribution in [0.3, 0.4) is 0 Å². The summed E-state index contributed by atoms with van der Waals surface area (Å²) >= 11 is 11.2. The van der Waals surface area contributed by atoms with Crippen LogP contribution in [0.15, 0.2) is 24.3 Å². The first kappa shape index (κ1) is 21.9. The summed E-state index contributed by atoms with van der Waals surface area (Å²) in [7, 11) is 0. The number of aromatic carboxylic acids is 2. The van der Waals surface area contributed by atoms with Crippen LogP contribution < -0.4 is 0 Å². The molecule has 140 valence electrons. The minimum atomic E-state index is -1.14. The fourth-order valence-corrected chi connectivity index (χ4v) is 2.71. The summed E-state index contributed by atoms with van der Waals surface area (Å²) in [5.74, 6) is -3.20. The highest BCUT2D eigenvalue weighted by molar-refractivity contribution is 6.34. The molecule has 0 aromatic heterocycles. The zero-order chi connectivity index (χ0) is 20.0. The smallest absolute Gasteiger partial charge is 0.337 e. The summed E-state index contributed by atoms with van der Waals surface area (Å²) in [5, 5.41) is 17.3. The van der Waals surface area contributed by atoms with Crippen LogP contribution in [0.5, 0.6) is 0 Å². The molecule has 0 amide bonds. The summed E-state index contributed by atoms with van der Waals surface area (Å²) in [5.41, 5.74) is 0.503. The van der Waals surface area contributed by atoms with Crippen molar-refractivity contribution in [3.63, 3.8) is 0 Å². The number of rotatable bonds is 4. The van der Waals surface area contributed by atoms with Gasteiger partial charge < -0.3 is 10.2 Å². The first-order valence-corrected chi connectivity index (χ1v) is 8.30. The zero-order valence-electron chi connectivity index (χ0n) is 13.9. The van der Waals surface area contributed by atoms with Crippen molar-refractivity contribution in [1.82, 2.24) is 0 Å². The third-order valence-corrected chi connectivity index (χ3v) is 4.26. The summed E-state index contributed by atoms with van der Waals surface area (Å²) < 4.78 is 26.0. The molecule has 2 aromatic carbocycles. The molecule has 4 nitrogen and oxygen atoms in total. The molecule has 0 aliphatic heterocycles. The van der Waals surface area contributed by atoms with E-state index in [0.717, 1.165) is 12.1 Å². The highest BCUT2D eigenvalue weighted by Crippen LogP contribution is 2.24. The van der Waals surface area contributed by atoms with E-state index in [0.29, 0.717) is 18.4 Å². The van der Waals surface area contributed by atoms with Gasteiger partial charge in [0.25, 0.3) is 0 Å². The number of aryl methyl sites for hydroxylation is 1. The van der Waals surface area contributed by atoms with Gasteiger partial charge in [0.2, 0.25) is 0 Å². The Balaban J connectivity index is 0.000000260. The average molecular weight is 405 g/mol. The molecule has 8 heteroatoms. The summed E-state index contributed by atoms with van der Waals surface area (Å²) in [6, 6.07) is 4.58. The second kappa shape index (κ2) is 9.50. The normalized spacial score (nSPS) is 10.1. The van der Waals surface area contributed by atoms with E-state index in [1.165, 1.54) is 12.1 Å². The Morgan fingerprint density at radius 1 is 0.923 bits per heavy atom. The molecule has 2 aromatic rings. The Morgan fingerprint density at radius 3 is 1.96 bits per heavy atom. The number of carboxylic acid groups (broad SMARTS) is 2. The lowest BCUT2D eigenvalue weighted by molar-refractivity contribution is 0.0686. The van der Waals surface area contributed by atoms with Crippen LogP contribution in [0.4, 0.5) is 8.78 Å². The van der Waals surface area contributed by atoms with Gasteiger partial charge in [-0.15, -0.1) is 0 Å². The second-order valence-electron chi connectivity index (χ2n) is 5.13. The van der Waals surface area contributed by atoms with E-state index in [9.17, 15) is 18.4 Å². The molecule has 0 saturated carbocycles. The van der Waals surface area contributed by atoms with Crippen LogP contribution in [0.2, 0.25) is 10.0 Å². The van der Waals surface area contributed by atoms with Crippen molar-refractivity contribution in [2.24, 2.45) is 0 Å². The molecule has 0 aliphatic rings. The van der Waals surface area contributed by atoms with Crippen molar-refractivity contribution in [1.29, 1.82) is 0 Å². The van der Waals surface area contributed by atoms with Crippen molar-refractivity contribution < 1.29 is 28.6 Å². The number of hydrogen-bond acceptors (Lipinski definition) is 2. The van der Waals surface area contributed by atoms with Crippen LogP contribution >= 0.6 is 23.2 Å².